The summed E-state index contributed by atoms with van der Waals surface area (Å²) < 4.78 is 12.9. The largest absolute Gasteiger partial charge is 0.465 e. The quantitative estimate of drug-likeness (QED) is 0.298. The van der Waals surface area contributed by atoms with Gasteiger partial charge in [0.2, 0.25) is 0 Å². The molecule has 0 saturated carbocycles. The molecule has 2 saturated heterocycles. The van der Waals surface area contributed by atoms with E-state index in [0.29, 0.717) is 5.56 Å². The van der Waals surface area contributed by atoms with Crippen molar-refractivity contribution >= 4 is 34.3 Å². The number of esters is 1. The third-order valence-electron chi connectivity index (χ3n) is 8.86. The molecule has 1 atom stereocenters. The van der Waals surface area contributed by atoms with Crippen molar-refractivity contribution in [2.24, 2.45) is 0 Å². The predicted molar refractivity (Wildman–Crippen MR) is 164 cm³/mol. The molecule has 0 amide bonds. The van der Waals surface area contributed by atoms with Crippen LogP contribution in [0.5, 0.6) is 0 Å². The molecule has 220 valence electrons. The van der Waals surface area contributed by atoms with E-state index in [1.54, 1.807) is 6.07 Å². The molecule has 10 nitrogen and oxygen atoms in total. The van der Waals surface area contributed by atoms with Crippen molar-refractivity contribution in [2.45, 2.75) is 38.5 Å². The number of carbonyl (C=O) groups excluding carboxylic acids is 1. The van der Waals surface area contributed by atoms with E-state index in [0.717, 1.165) is 117 Å². The summed E-state index contributed by atoms with van der Waals surface area (Å²) in [5, 5.41) is 9.60. The number of rotatable bonds is 7. The van der Waals surface area contributed by atoms with E-state index in [1.165, 1.54) is 7.11 Å². The van der Waals surface area contributed by atoms with Gasteiger partial charge in [-0.05, 0) is 67.3 Å². The fourth-order valence-corrected chi connectivity index (χ4v) is 6.42. The molecule has 43 heavy (non-hydrogen) atoms. The summed E-state index contributed by atoms with van der Waals surface area (Å²) >= 11 is 0. The first-order valence-electron chi connectivity index (χ1n) is 15.0. The summed E-state index contributed by atoms with van der Waals surface area (Å²) in [6.07, 6.45) is 3.12. The van der Waals surface area contributed by atoms with Gasteiger partial charge in [0.15, 0.2) is 0 Å². The maximum atomic E-state index is 12.2. The highest BCUT2D eigenvalue weighted by Crippen LogP contribution is 2.35. The van der Waals surface area contributed by atoms with Crippen LogP contribution in [0.15, 0.2) is 54.6 Å². The third kappa shape index (κ3) is 5.31. The van der Waals surface area contributed by atoms with Crippen LogP contribution < -0.4 is 9.80 Å². The maximum absolute atomic E-state index is 12.2. The number of nitriles is 1. The summed E-state index contributed by atoms with van der Waals surface area (Å²) in [6, 6.07) is 20.1. The number of nitrogens with zero attached hydrogens (tertiary/aromatic N) is 7. The van der Waals surface area contributed by atoms with E-state index in [-0.39, 0.29) is 12.1 Å². The SMILES string of the molecule is COC(=O)c1ccc2nc(CN3CCN(c4cccc(N5CCCc6c(C#N)cccc65)n4)CC3)n(C[C@@H]3CCO3)c2c1. The van der Waals surface area contributed by atoms with Crippen LogP contribution in [-0.2, 0) is 29.0 Å². The van der Waals surface area contributed by atoms with Crippen LogP contribution in [0.2, 0.25) is 0 Å². The minimum atomic E-state index is -0.346. The Morgan fingerprint density at radius 3 is 2.63 bits per heavy atom. The first-order valence-corrected chi connectivity index (χ1v) is 15.0. The number of ether oxygens (including phenoxy) is 2. The van der Waals surface area contributed by atoms with E-state index < -0.39 is 0 Å². The highest BCUT2D eigenvalue weighted by molar-refractivity contribution is 5.93. The normalized spacial score (nSPS) is 18.7. The molecular formula is C33H35N7O3. The van der Waals surface area contributed by atoms with Gasteiger partial charge in [-0.15, -0.1) is 0 Å². The first-order chi connectivity index (χ1) is 21.1. The van der Waals surface area contributed by atoms with Crippen molar-refractivity contribution in [3.63, 3.8) is 0 Å². The van der Waals surface area contributed by atoms with Crippen LogP contribution >= 0.6 is 0 Å². The number of aromatic nitrogens is 3. The molecule has 0 radical (unpaired) electrons. The van der Waals surface area contributed by atoms with Gasteiger partial charge in [0.25, 0.3) is 0 Å². The highest BCUT2D eigenvalue weighted by Gasteiger charge is 2.26. The van der Waals surface area contributed by atoms with Crippen molar-refractivity contribution < 1.29 is 14.3 Å². The molecule has 2 aromatic heterocycles. The summed E-state index contributed by atoms with van der Waals surface area (Å²) in [6.45, 7) is 6.64. The van der Waals surface area contributed by atoms with E-state index in [1.807, 2.05) is 24.3 Å². The molecule has 7 rings (SSSR count). The molecule has 0 N–H and O–H groups in total. The number of hydrogen-bond acceptors (Lipinski definition) is 9. The van der Waals surface area contributed by atoms with E-state index in [4.69, 9.17) is 19.4 Å². The Hall–Kier alpha value is -4.46. The Morgan fingerprint density at radius 1 is 1.05 bits per heavy atom. The molecule has 3 aliphatic heterocycles. The first kappa shape index (κ1) is 27.4. The summed E-state index contributed by atoms with van der Waals surface area (Å²) in [7, 11) is 1.40. The molecule has 4 aromatic rings. The van der Waals surface area contributed by atoms with E-state index in [2.05, 4.69) is 49.6 Å². The summed E-state index contributed by atoms with van der Waals surface area (Å²) in [5.41, 5.74) is 5.31. The van der Waals surface area contributed by atoms with Crippen LogP contribution in [0.1, 0.15) is 40.2 Å². The highest BCUT2D eigenvalue weighted by atomic mass is 16.5. The molecule has 2 fully saturated rings. The van der Waals surface area contributed by atoms with Gasteiger partial charge in [0.1, 0.15) is 17.5 Å². The van der Waals surface area contributed by atoms with E-state index in [9.17, 15) is 10.1 Å². The lowest BCUT2D eigenvalue weighted by molar-refractivity contribution is -0.0592. The van der Waals surface area contributed by atoms with E-state index >= 15 is 0 Å². The smallest absolute Gasteiger partial charge is 0.337 e. The van der Waals surface area contributed by atoms with Crippen LogP contribution in [0, 0.1) is 11.3 Å². The minimum absolute atomic E-state index is 0.173. The fourth-order valence-electron chi connectivity index (χ4n) is 6.42. The molecule has 0 spiro atoms. The lowest BCUT2D eigenvalue weighted by atomic mass is 9.97. The summed E-state index contributed by atoms with van der Waals surface area (Å²) in [4.78, 5) is 29.3. The zero-order valence-electron chi connectivity index (χ0n) is 24.4. The van der Waals surface area contributed by atoms with Gasteiger partial charge in [0.05, 0.1) is 54.5 Å². The predicted octanol–water partition coefficient (Wildman–Crippen LogP) is 4.28. The third-order valence-corrected chi connectivity index (χ3v) is 8.86. The van der Waals surface area contributed by atoms with Gasteiger partial charge < -0.3 is 23.8 Å². The zero-order chi connectivity index (χ0) is 29.3. The molecule has 2 aromatic carbocycles. The Labute approximate surface area is 251 Å². The van der Waals surface area contributed by atoms with Crippen molar-refractivity contribution in [1.82, 2.24) is 19.4 Å². The number of methoxy groups -OCH3 is 1. The summed E-state index contributed by atoms with van der Waals surface area (Å²) in [5.74, 6) is 2.54. The number of piperazine rings is 1. The number of anilines is 3. The number of pyridine rings is 1. The second kappa shape index (κ2) is 11.7. The van der Waals surface area contributed by atoms with Gasteiger partial charge in [-0.1, -0.05) is 12.1 Å². The molecule has 0 unspecified atom stereocenters. The average molecular weight is 578 g/mol. The fraction of sp³-hybridized carbons (Fsp3) is 0.394. The Morgan fingerprint density at radius 2 is 1.86 bits per heavy atom. The maximum Gasteiger partial charge on any atom is 0.337 e. The van der Waals surface area contributed by atoms with Gasteiger partial charge in [-0.3, -0.25) is 4.90 Å². The number of benzene rings is 2. The number of imidazole rings is 1. The molecular weight excluding hydrogens is 542 g/mol. The molecule has 10 heteroatoms. The molecule has 3 aliphatic rings. The standard InChI is InChI=1S/C33H35N7O3/c1-42-33(41)23-10-11-27-29(19-23)40(21-25-12-18-43-25)32(35-27)22-37-14-16-38(17-15-37)30-8-3-9-31(36-30)39-13-4-6-26-24(20-34)5-2-7-28(26)39/h2-3,5,7-11,19,25H,4,6,12-18,21-22H2,1H3/t25-/m0/s1. The van der Waals surface area contributed by atoms with Crippen LogP contribution in [0.3, 0.4) is 0 Å². The van der Waals surface area contributed by atoms with Gasteiger partial charge in [-0.2, -0.15) is 5.26 Å². The van der Waals surface area contributed by atoms with Crippen molar-refractivity contribution in [3.05, 3.63) is 77.1 Å². The average Bonchev–Trinajstić information content (AvgIpc) is 3.37. The van der Waals surface area contributed by atoms with Gasteiger partial charge >= 0.3 is 5.97 Å². The number of hydrogen-bond donors (Lipinski definition) is 0. The number of fused-ring (bicyclic) bond motifs is 2. The van der Waals surface area contributed by atoms with Crippen LogP contribution in [0.4, 0.5) is 17.3 Å². The van der Waals surface area contributed by atoms with Crippen molar-refractivity contribution in [3.8, 4) is 6.07 Å². The Balaban J connectivity index is 1.07. The molecule has 5 heterocycles. The minimum Gasteiger partial charge on any atom is -0.465 e. The van der Waals surface area contributed by atoms with Gasteiger partial charge in [-0.25, -0.2) is 14.8 Å². The lowest BCUT2D eigenvalue weighted by Gasteiger charge is -2.36. The number of carbonyl (C=O) groups is 1. The zero-order valence-corrected chi connectivity index (χ0v) is 24.4. The lowest BCUT2D eigenvalue weighted by Crippen LogP contribution is -2.46. The van der Waals surface area contributed by atoms with Crippen LogP contribution in [-0.4, -0.2) is 77.9 Å². The van der Waals surface area contributed by atoms with Crippen molar-refractivity contribution in [1.29, 1.82) is 5.26 Å². The molecule has 0 aliphatic carbocycles. The second-order valence-corrected chi connectivity index (χ2v) is 11.4. The molecule has 0 bridgehead atoms. The monoisotopic (exact) mass is 577 g/mol. The van der Waals surface area contributed by atoms with Crippen LogP contribution in [0.25, 0.3) is 11.0 Å². The second-order valence-electron chi connectivity index (χ2n) is 11.4. The topological polar surface area (TPSA) is 99.8 Å². The Kier molecular flexibility index (Phi) is 7.43. The van der Waals surface area contributed by atoms with Gasteiger partial charge in [0, 0.05) is 45.0 Å². The van der Waals surface area contributed by atoms with Crippen molar-refractivity contribution in [2.75, 3.05) is 56.2 Å². The Bertz CT molecular complexity index is 1700.